The Hall–Kier alpha value is -2.24. The predicted molar refractivity (Wildman–Crippen MR) is 67.2 cm³/mol. The molecule has 0 saturated carbocycles. The summed E-state index contributed by atoms with van der Waals surface area (Å²) in [7, 11) is 1.56. The molecule has 3 amide bonds. The van der Waals surface area contributed by atoms with Crippen molar-refractivity contribution in [3.8, 4) is 0 Å². The number of rotatable bonds is 2. The van der Waals surface area contributed by atoms with Crippen molar-refractivity contribution < 1.29 is 14.4 Å². The zero-order chi connectivity index (χ0) is 14.0. The summed E-state index contributed by atoms with van der Waals surface area (Å²) < 4.78 is 0. The Morgan fingerprint density at radius 3 is 2.74 bits per heavy atom. The first-order valence-electron chi connectivity index (χ1n) is 6.02. The minimum Gasteiger partial charge on any atom is -0.330 e. The van der Waals surface area contributed by atoms with Gasteiger partial charge in [0.2, 0.25) is 11.8 Å². The van der Waals surface area contributed by atoms with Crippen LogP contribution in [0.4, 0.5) is 0 Å². The van der Waals surface area contributed by atoms with Gasteiger partial charge in [0.05, 0.1) is 5.56 Å². The number of amides is 3. The number of imide groups is 1. The molecular weight excluding hydrogens is 246 g/mol. The summed E-state index contributed by atoms with van der Waals surface area (Å²) in [6, 6.07) is 2.81. The van der Waals surface area contributed by atoms with Crippen molar-refractivity contribution >= 4 is 17.7 Å². The molecule has 0 radical (unpaired) electrons. The second kappa shape index (κ2) is 5.17. The Kier molecular flexibility index (Phi) is 3.59. The lowest BCUT2D eigenvalue weighted by Gasteiger charge is -2.29. The smallest absolute Gasteiger partial charge is 0.255 e. The van der Waals surface area contributed by atoms with Crippen LogP contribution in [0.25, 0.3) is 0 Å². The summed E-state index contributed by atoms with van der Waals surface area (Å²) in [5, 5.41) is 2.24. The molecule has 6 nitrogen and oxygen atoms in total. The molecule has 1 N–H and O–H groups in total. The Labute approximate surface area is 110 Å². The highest BCUT2D eigenvalue weighted by atomic mass is 16.2. The molecule has 6 heteroatoms. The summed E-state index contributed by atoms with van der Waals surface area (Å²) in [5.41, 5.74) is 1.25. The summed E-state index contributed by atoms with van der Waals surface area (Å²) in [4.78, 5) is 40.4. The zero-order valence-electron chi connectivity index (χ0n) is 10.8. The van der Waals surface area contributed by atoms with Gasteiger partial charge in [-0.25, -0.2) is 0 Å². The molecule has 1 unspecified atom stereocenters. The first-order valence-corrected chi connectivity index (χ1v) is 6.02. The molecule has 1 atom stereocenters. The van der Waals surface area contributed by atoms with Crippen LogP contribution in [-0.2, 0) is 9.59 Å². The molecule has 1 saturated heterocycles. The van der Waals surface area contributed by atoms with Gasteiger partial charge in [-0.15, -0.1) is 0 Å². The average molecular weight is 261 g/mol. The maximum Gasteiger partial charge on any atom is 0.255 e. The number of aryl methyl sites for hydroxylation is 1. The summed E-state index contributed by atoms with van der Waals surface area (Å²) in [6.07, 6.45) is 2.09. The van der Waals surface area contributed by atoms with Crippen molar-refractivity contribution in [1.29, 1.82) is 0 Å². The number of carbonyl (C=O) groups is 3. The van der Waals surface area contributed by atoms with E-state index in [9.17, 15) is 14.4 Å². The third kappa shape index (κ3) is 2.78. The Balaban J connectivity index is 2.13. The number of aromatic nitrogens is 1. The lowest BCUT2D eigenvalue weighted by Crippen LogP contribution is -2.52. The molecule has 1 aliphatic heterocycles. The highest BCUT2D eigenvalue weighted by molar-refractivity contribution is 6.03. The van der Waals surface area contributed by atoms with Gasteiger partial charge in [0, 0.05) is 25.4 Å². The minimum absolute atomic E-state index is 0.250. The van der Waals surface area contributed by atoms with Gasteiger partial charge in [0.1, 0.15) is 6.04 Å². The zero-order valence-corrected chi connectivity index (χ0v) is 10.8. The number of hydrogen-bond donors (Lipinski definition) is 1. The van der Waals surface area contributed by atoms with E-state index in [1.54, 1.807) is 19.2 Å². The van der Waals surface area contributed by atoms with E-state index in [0.717, 1.165) is 5.69 Å². The van der Waals surface area contributed by atoms with Crippen molar-refractivity contribution in [3.63, 3.8) is 0 Å². The monoisotopic (exact) mass is 261 g/mol. The number of hydrogen-bond acceptors (Lipinski definition) is 4. The summed E-state index contributed by atoms with van der Waals surface area (Å²) in [5.74, 6) is -0.992. The lowest BCUT2D eigenvalue weighted by atomic mass is 10.0. The minimum atomic E-state index is -0.605. The first kappa shape index (κ1) is 13.2. The molecule has 2 rings (SSSR count). The second-order valence-electron chi connectivity index (χ2n) is 4.57. The van der Waals surface area contributed by atoms with E-state index in [-0.39, 0.29) is 18.2 Å². The molecule has 1 fully saturated rings. The molecule has 0 aliphatic carbocycles. The highest BCUT2D eigenvalue weighted by Crippen LogP contribution is 2.14. The molecule has 1 aromatic heterocycles. The van der Waals surface area contributed by atoms with Crippen LogP contribution in [0.1, 0.15) is 28.9 Å². The first-order chi connectivity index (χ1) is 8.99. The standard InChI is InChI=1S/C13H15N3O3/c1-8-3-4-9(7-14-8)13(19)16(2)10-5-6-11(17)15-12(10)18/h3-4,7,10H,5-6H2,1-2H3,(H,15,17,18). The van der Waals surface area contributed by atoms with E-state index >= 15 is 0 Å². The van der Waals surface area contributed by atoms with Crippen LogP contribution in [0, 0.1) is 6.92 Å². The van der Waals surface area contributed by atoms with Crippen LogP contribution in [-0.4, -0.2) is 40.7 Å². The van der Waals surface area contributed by atoms with Crippen molar-refractivity contribution in [2.75, 3.05) is 7.05 Å². The van der Waals surface area contributed by atoms with Gasteiger partial charge in [-0.1, -0.05) is 0 Å². The molecular formula is C13H15N3O3. The van der Waals surface area contributed by atoms with Gasteiger partial charge in [-0.2, -0.15) is 0 Å². The van der Waals surface area contributed by atoms with Crippen molar-refractivity contribution in [2.24, 2.45) is 0 Å². The topological polar surface area (TPSA) is 79.4 Å². The fourth-order valence-corrected chi connectivity index (χ4v) is 1.99. The van der Waals surface area contributed by atoms with E-state index < -0.39 is 11.9 Å². The highest BCUT2D eigenvalue weighted by Gasteiger charge is 2.32. The maximum absolute atomic E-state index is 12.2. The summed E-state index contributed by atoms with van der Waals surface area (Å²) >= 11 is 0. The third-order valence-electron chi connectivity index (χ3n) is 3.16. The van der Waals surface area contributed by atoms with E-state index in [0.29, 0.717) is 12.0 Å². The Bertz CT molecular complexity index is 524. The SMILES string of the molecule is Cc1ccc(C(=O)N(C)C2CCC(=O)NC2=O)cn1. The van der Waals surface area contributed by atoms with Gasteiger partial charge < -0.3 is 4.90 Å². The summed E-state index contributed by atoms with van der Waals surface area (Å²) in [6.45, 7) is 1.83. The fourth-order valence-electron chi connectivity index (χ4n) is 1.99. The van der Waals surface area contributed by atoms with E-state index in [1.165, 1.54) is 11.1 Å². The maximum atomic E-state index is 12.2. The Morgan fingerprint density at radius 2 is 2.16 bits per heavy atom. The average Bonchev–Trinajstić information content (AvgIpc) is 2.38. The third-order valence-corrected chi connectivity index (χ3v) is 3.16. The van der Waals surface area contributed by atoms with Crippen LogP contribution >= 0.6 is 0 Å². The van der Waals surface area contributed by atoms with E-state index in [1.807, 2.05) is 6.92 Å². The van der Waals surface area contributed by atoms with Crippen molar-refractivity contribution in [1.82, 2.24) is 15.2 Å². The normalized spacial score (nSPS) is 18.9. The van der Waals surface area contributed by atoms with E-state index in [4.69, 9.17) is 0 Å². The number of nitrogens with zero attached hydrogens (tertiary/aromatic N) is 2. The second-order valence-corrected chi connectivity index (χ2v) is 4.57. The van der Waals surface area contributed by atoms with Gasteiger partial charge in [0.15, 0.2) is 0 Å². The lowest BCUT2D eigenvalue weighted by molar-refractivity contribution is -0.136. The van der Waals surface area contributed by atoms with Crippen molar-refractivity contribution in [2.45, 2.75) is 25.8 Å². The van der Waals surface area contributed by atoms with Crippen LogP contribution in [0.2, 0.25) is 0 Å². The fraction of sp³-hybridized carbons (Fsp3) is 0.385. The van der Waals surface area contributed by atoms with Crippen molar-refractivity contribution in [3.05, 3.63) is 29.6 Å². The number of piperidine rings is 1. The van der Waals surface area contributed by atoms with Crippen LogP contribution in [0.5, 0.6) is 0 Å². The number of pyridine rings is 1. The van der Waals surface area contributed by atoms with Crippen LogP contribution in [0.15, 0.2) is 18.3 Å². The van der Waals surface area contributed by atoms with Gasteiger partial charge in [0.25, 0.3) is 5.91 Å². The van der Waals surface area contributed by atoms with Gasteiger partial charge >= 0.3 is 0 Å². The number of nitrogens with one attached hydrogen (secondary N) is 1. The molecule has 1 aromatic rings. The molecule has 19 heavy (non-hydrogen) atoms. The number of carbonyl (C=O) groups excluding carboxylic acids is 3. The largest absolute Gasteiger partial charge is 0.330 e. The van der Waals surface area contributed by atoms with Crippen LogP contribution < -0.4 is 5.32 Å². The van der Waals surface area contributed by atoms with Gasteiger partial charge in [-0.05, 0) is 25.5 Å². The number of likely N-dealkylation sites (N-methyl/N-ethyl adjacent to an activating group) is 1. The molecule has 0 spiro atoms. The quantitative estimate of drug-likeness (QED) is 0.775. The molecule has 1 aliphatic rings. The predicted octanol–water partition coefficient (Wildman–Crippen LogP) is 0.267. The van der Waals surface area contributed by atoms with E-state index in [2.05, 4.69) is 10.3 Å². The van der Waals surface area contributed by atoms with Crippen LogP contribution in [0.3, 0.4) is 0 Å². The van der Waals surface area contributed by atoms with Gasteiger partial charge in [-0.3, -0.25) is 24.7 Å². The Morgan fingerprint density at radius 1 is 1.42 bits per heavy atom. The molecule has 2 heterocycles. The molecule has 0 aromatic carbocycles. The molecule has 0 bridgehead atoms. The molecule has 100 valence electrons.